The molecule has 2 aromatic heterocycles. The van der Waals surface area contributed by atoms with Gasteiger partial charge in [0, 0.05) is 5.92 Å². The molecule has 1 saturated carbocycles. The number of nitrogens with one attached hydrogen (secondary N) is 1. The first-order valence-electron chi connectivity index (χ1n) is 7.80. The van der Waals surface area contributed by atoms with E-state index in [1.54, 1.807) is 11.3 Å². The predicted octanol–water partition coefficient (Wildman–Crippen LogP) is 2.83. The zero-order valence-electron chi connectivity index (χ0n) is 11.9. The molecule has 0 aromatic carbocycles. The fourth-order valence-electron chi connectivity index (χ4n) is 3.71. The Labute approximate surface area is 122 Å². The van der Waals surface area contributed by atoms with Crippen LogP contribution in [0.15, 0.2) is 0 Å². The normalized spacial score (nSPS) is 27.9. The fourth-order valence-corrected chi connectivity index (χ4v) is 4.82. The van der Waals surface area contributed by atoms with Gasteiger partial charge in [-0.15, -0.1) is 10.2 Å². The summed E-state index contributed by atoms with van der Waals surface area (Å²) in [6, 6.07) is 0. The minimum absolute atomic E-state index is 0.0817. The van der Waals surface area contributed by atoms with Crippen LogP contribution in [-0.2, 0) is 5.54 Å². The van der Waals surface area contributed by atoms with Crippen LogP contribution in [0, 0.1) is 0 Å². The summed E-state index contributed by atoms with van der Waals surface area (Å²) >= 11 is 1.71. The Morgan fingerprint density at radius 1 is 1.30 bits per heavy atom. The maximum Gasteiger partial charge on any atom is 0.234 e. The summed E-state index contributed by atoms with van der Waals surface area (Å²) in [5, 5.41) is 18.5. The molecule has 0 radical (unpaired) electrons. The Balaban J connectivity index is 1.75. The average Bonchev–Trinajstić information content (AvgIpc) is 3.21. The molecule has 1 aliphatic heterocycles. The van der Waals surface area contributed by atoms with Gasteiger partial charge in [0.2, 0.25) is 4.96 Å². The van der Waals surface area contributed by atoms with Gasteiger partial charge in [-0.1, -0.05) is 31.1 Å². The second kappa shape index (κ2) is 4.77. The number of fused-ring (bicyclic) bond motifs is 1. The van der Waals surface area contributed by atoms with Crippen LogP contribution in [0.25, 0.3) is 4.96 Å². The van der Waals surface area contributed by atoms with Crippen LogP contribution < -0.4 is 5.32 Å². The molecule has 1 unspecified atom stereocenters. The minimum atomic E-state index is 0.0817. The maximum atomic E-state index is 4.89. The van der Waals surface area contributed by atoms with Gasteiger partial charge in [0.25, 0.3) is 0 Å². The highest BCUT2D eigenvalue weighted by atomic mass is 32.1. The molecule has 1 saturated heterocycles. The van der Waals surface area contributed by atoms with Crippen molar-refractivity contribution in [3.63, 3.8) is 0 Å². The lowest BCUT2D eigenvalue weighted by Gasteiger charge is -2.24. The van der Waals surface area contributed by atoms with E-state index < -0.39 is 0 Å². The van der Waals surface area contributed by atoms with Crippen LogP contribution in [0.4, 0.5) is 0 Å². The first-order valence-corrected chi connectivity index (χ1v) is 8.62. The van der Waals surface area contributed by atoms with Crippen molar-refractivity contribution in [3.8, 4) is 0 Å². The van der Waals surface area contributed by atoms with Gasteiger partial charge in [0.05, 0.1) is 5.54 Å². The van der Waals surface area contributed by atoms with Crippen molar-refractivity contribution in [2.45, 2.75) is 63.3 Å². The molecule has 2 aliphatic rings. The van der Waals surface area contributed by atoms with Gasteiger partial charge in [-0.2, -0.15) is 9.61 Å². The molecular formula is C14H21N5S. The smallest absolute Gasteiger partial charge is 0.234 e. The standard InChI is InChI=1S/C14H21N5S/c1-2-14(8-5-9-15-14)12-18-19-11(10-6-3-4-7-10)16-17-13(19)20-12/h10,15H,2-9H2,1H3. The van der Waals surface area contributed by atoms with E-state index in [2.05, 4.69) is 22.4 Å². The highest BCUT2D eigenvalue weighted by Gasteiger charge is 2.37. The third kappa shape index (κ3) is 1.81. The molecule has 1 atom stereocenters. The number of hydrogen-bond donors (Lipinski definition) is 1. The van der Waals surface area contributed by atoms with Crippen LogP contribution in [0.2, 0.25) is 0 Å². The Bertz CT molecular complexity index is 604. The zero-order chi connectivity index (χ0) is 13.6. The highest BCUT2D eigenvalue weighted by molar-refractivity contribution is 7.16. The quantitative estimate of drug-likeness (QED) is 0.945. The van der Waals surface area contributed by atoms with Gasteiger partial charge >= 0.3 is 0 Å². The SMILES string of the molecule is CCC1(c2nn3c(C4CCCC4)nnc3s2)CCCN1. The molecule has 1 N–H and O–H groups in total. The molecule has 0 amide bonds. The lowest BCUT2D eigenvalue weighted by molar-refractivity contribution is 0.369. The van der Waals surface area contributed by atoms with E-state index in [1.807, 2.05) is 4.52 Å². The van der Waals surface area contributed by atoms with E-state index in [9.17, 15) is 0 Å². The Hall–Kier alpha value is -1.01. The second-order valence-electron chi connectivity index (χ2n) is 6.11. The first kappa shape index (κ1) is 12.7. The van der Waals surface area contributed by atoms with Crippen molar-refractivity contribution >= 4 is 16.3 Å². The molecule has 0 spiro atoms. The van der Waals surface area contributed by atoms with Crippen LogP contribution in [0.1, 0.15) is 68.6 Å². The topological polar surface area (TPSA) is 55.1 Å². The number of aromatic nitrogens is 4. The Morgan fingerprint density at radius 3 is 2.85 bits per heavy atom. The monoisotopic (exact) mass is 291 g/mol. The molecule has 2 fully saturated rings. The summed E-state index contributed by atoms with van der Waals surface area (Å²) in [5.41, 5.74) is 0.0817. The van der Waals surface area contributed by atoms with Crippen molar-refractivity contribution < 1.29 is 0 Å². The molecular weight excluding hydrogens is 270 g/mol. The van der Waals surface area contributed by atoms with Crippen molar-refractivity contribution in [2.75, 3.05) is 6.54 Å². The molecule has 3 heterocycles. The molecule has 1 aliphatic carbocycles. The third-order valence-corrected chi connectivity index (χ3v) is 6.09. The second-order valence-corrected chi connectivity index (χ2v) is 7.06. The molecule has 0 bridgehead atoms. The van der Waals surface area contributed by atoms with Crippen LogP contribution >= 0.6 is 11.3 Å². The van der Waals surface area contributed by atoms with Crippen molar-refractivity contribution in [1.29, 1.82) is 0 Å². The highest BCUT2D eigenvalue weighted by Crippen LogP contribution is 2.38. The van der Waals surface area contributed by atoms with E-state index in [0.29, 0.717) is 5.92 Å². The molecule has 6 heteroatoms. The first-order chi connectivity index (χ1) is 9.82. The van der Waals surface area contributed by atoms with E-state index >= 15 is 0 Å². The zero-order valence-corrected chi connectivity index (χ0v) is 12.7. The largest absolute Gasteiger partial charge is 0.305 e. The van der Waals surface area contributed by atoms with Gasteiger partial charge in [-0.3, -0.25) is 0 Å². The predicted molar refractivity (Wildman–Crippen MR) is 79.1 cm³/mol. The van der Waals surface area contributed by atoms with Gasteiger partial charge in [0.15, 0.2) is 5.82 Å². The summed E-state index contributed by atoms with van der Waals surface area (Å²) in [4.78, 5) is 0.962. The summed E-state index contributed by atoms with van der Waals surface area (Å²) in [5.74, 6) is 1.65. The number of hydrogen-bond acceptors (Lipinski definition) is 5. The van der Waals surface area contributed by atoms with Crippen LogP contribution in [0.3, 0.4) is 0 Å². The van der Waals surface area contributed by atoms with Gasteiger partial charge < -0.3 is 5.32 Å². The molecule has 4 rings (SSSR count). The van der Waals surface area contributed by atoms with Crippen molar-refractivity contribution in [1.82, 2.24) is 25.1 Å². The van der Waals surface area contributed by atoms with E-state index in [-0.39, 0.29) is 5.54 Å². The van der Waals surface area contributed by atoms with Crippen LogP contribution in [-0.4, -0.2) is 26.4 Å². The molecule has 5 nitrogen and oxygen atoms in total. The average molecular weight is 291 g/mol. The van der Waals surface area contributed by atoms with E-state index in [4.69, 9.17) is 5.10 Å². The number of rotatable bonds is 3. The molecule has 108 valence electrons. The summed E-state index contributed by atoms with van der Waals surface area (Å²) < 4.78 is 2.02. The molecule has 20 heavy (non-hydrogen) atoms. The van der Waals surface area contributed by atoms with Gasteiger partial charge in [-0.05, 0) is 38.6 Å². The van der Waals surface area contributed by atoms with Crippen molar-refractivity contribution in [3.05, 3.63) is 10.8 Å². The summed E-state index contributed by atoms with van der Waals surface area (Å²) in [6.07, 6.45) is 8.63. The number of nitrogens with zero attached hydrogens (tertiary/aromatic N) is 4. The lowest BCUT2D eigenvalue weighted by Crippen LogP contribution is -2.36. The van der Waals surface area contributed by atoms with Gasteiger partial charge in [0.1, 0.15) is 5.01 Å². The third-order valence-electron chi connectivity index (χ3n) is 4.99. The van der Waals surface area contributed by atoms with Gasteiger partial charge in [-0.25, -0.2) is 0 Å². The Morgan fingerprint density at radius 2 is 2.15 bits per heavy atom. The molecule has 2 aromatic rings. The van der Waals surface area contributed by atoms with E-state index in [1.165, 1.54) is 43.5 Å². The maximum absolute atomic E-state index is 4.89. The summed E-state index contributed by atoms with van der Waals surface area (Å²) in [7, 11) is 0. The fraction of sp³-hybridized carbons (Fsp3) is 0.786. The van der Waals surface area contributed by atoms with E-state index in [0.717, 1.165) is 23.8 Å². The Kier molecular flexibility index (Phi) is 3.03. The lowest BCUT2D eigenvalue weighted by atomic mass is 9.95. The van der Waals surface area contributed by atoms with Crippen molar-refractivity contribution in [2.24, 2.45) is 0 Å². The van der Waals surface area contributed by atoms with Crippen LogP contribution in [0.5, 0.6) is 0 Å². The minimum Gasteiger partial charge on any atom is -0.305 e. The summed E-state index contributed by atoms with van der Waals surface area (Å²) in [6.45, 7) is 3.35.